The maximum Gasteiger partial charge on any atom is 0.391 e. The molecule has 1 aromatic carbocycles. The number of nitrogens with one attached hydrogen (secondary N) is 1. The van der Waals surface area contributed by atoms with Crippen LogP contribution >= 0.6 is 0 Å². The third-order valence-corrected chi connectivity index (χ3v) is 4.82. The number of anilines is 1. The van der Waals surface area contributed by atoms with Gasteiger partial charge < -0.3 is 11.1 Å². The van der Waals surface area contributed by atoms with E-state index < -0.39 is 12.1 Å². The minimum absolute atomic E-state index is 0.0288. The summed E-state index contributed by atoms with van der Waals surface area (Å²) in [5, 5.41) is 3.45. The second-order valence-electron chi connectivity index (χ2n) is 6.32. The van der Waals surface area contributed by atoms with Crippen molar-refractivity contribution in [1.29, 1.82) is 0 Å². The van der Waals surface area contributed by atoms with Crippen molar-refractivity contribution in [2.24, 2.45) is 5.92 Å². The molecule has 0 spiro atoms. The van der Waals surface area contributed by atoms with Crippen LogP contribution in [0, 0.1) is 5.92 Å². The average Bonchev–Trinajstić information content (AvgIpc) is 2.80. The SMILES string of the molecule is Nc1ccc2c(c1)CCC2NC1CCCC(C(F)(F)F)C1. The molecule has 116 valence electrons. The molecule has 3 N–H and O–H groups in total. The summed E-state index contributed by atoms with van der Waals surface area (Å²) in [6.45, 7) is 0. The van der Waals surface area contributed by atoms with Gasteiger partial charge in [-0.3, -0.25) is 0 Å². The van der Waals surface area contributed by atoms with E-state index in [2.05, 4.69) is 5.32 Å². The van der Waals surface area contributed by atoms with E-state index in [9.17, 15) is 13.2 Å². The lowest BCUT2D eigenvalue weighted by Crippen LogP contribution is -2.40. The molecule has 3 atom stereocenters. The van der Waals surface area contributed by atoms with Gasteiger partial charge in [0.05, 0.1) is 5.92 Å². The van der Waals surface area contributed by atoms with Crippen molar-refractivity contribution in [2.75, 3.05) is 5.73 Å². The van der Waals surface area contributed by atoms with Gasteiger partial charge in [-0.25, -0.2) is 0 Å². The molecule has 1 aromatic rings. The molecule has 3 rings (SSSR count). The molecule has 1 fully saturated rings. The highest BCUT2D eigenvalue weighted by Crippen LogP contribution is 2.39. The zero-order chi connectivity index (χ0) is 15.0. The molecule has 1 saturated carbocycles. The number of halogens is 3. The van der Waals surface area contributed by atoms with Gasteiger partial charge in [0.15, 0.2) is 0 Å². The van der Waals surface area contributed by atoms with Gasteiger partial charge >= 0.3 is 6.18 Å². The Morgan fingerprint density at radius 3 is 2.71 bits per heavy atom. The smallest absolute Gasteiger partial charge is 0.391 e. The van der Waals surface area contributed by atoms with E-state index in [1.165, 1.54) is 11.1 Å². The Kier molecular flexibility index (Phi) is 3.86. The first-order chi connectivity index (χ1) is 9.93. The van der Waals surface area contributed by atoms with Crippen molar-refractivity contribution >= 4 is 5.69 Å². The molecule has 0 saturated heterocycles. The number of alkyl halides is 3. The highest BCUT2D eigenvalue weighted by atomic mass is 19.4. The molecule has 0 radical (unpaired) electrons. The second-order valence-corrected chi connectivity index (χ2v) is 6.32. The molecule has 0 amide bonds. The third-order valence-electron chi connectivity index (χ3n) is 4.82. The summed E-state index contributed by atoms with van der Waals surface area (Å²) >= 11 is 0. The van der Waals surface area contributed by atoms with E-state index >= 15 is 0 Å². The quantitative estimate of drug-likeness (QED) is 0.811. The third kappa shape index (κ3) is 3.18. The number of hydrogen-bond donors (Lipinski definition) is 2. The Morgan fingerprint density at radius 2 is 1.95 bits per heavy atom. The summed E-state index contributed by atoms with van der Waals surface area (Å²) in [6.07, 6.45) is -0.165. The number of rotatable bonds is 2. The van der Waals surface area contributed by atoms with Crippen LogP contribution in [-0.2, 0) is 6.42 Å². The highest BCUT2D eigenvalue weighted by Gasteiger charge is 2.42. The second kappa shape index (κ2) is 5.52. The van der Waals surface area contributed by atoms with Crippen LogP contribution < -0.4 is 11.1 Å². The van der Waals surface area contributed by atoms with E-state index in [0.717, 1.165) is 24.9 Å². The largest absolute Gasteiger partial charge is 0.399 e. The zero-order valence-electron chi connectivity index (χ0n) is 11.9. The Balaban J connectivity index is 1.66. The molecule has 3 unspecified atom stereocenters. The normalized spacial score (nSPS) is 29.4. The number of nitrogen functional groups attached to an aromatic ring is 1. The van der Waals surface area contributed by atoms with Gasteiger partial charge in [0.1, 0.15) is 0 Å². The molecule has 0 heterocycles. The van der Waals surface area contributed by atoms with Crippen LogP contribution in [0.4, 0.5) is 18.9 Å². The maximum atomic E-state index is 12.9. The summed E-state index contributed by atoms with van der Waals surface area (Å²) in [4.78, 5) is 0. The zero-order valence-corrected chi connectivity index (χ0v) is 11.9. The average molecular weight is 298 g/mol. The molecule has 5 heteroatoms. The van der Waals surface area contributed by atoms with Crippen LogP contribution in [0.1, 0.15) is 49.3 Å². The van der Waals surface area contributed by atoms with Crippen LogP contribution in [0.25, 0.3) is 0 Å². The number of hydrogen-bond acceptors (Lipinski definition) is 2. The van der Waals surface area contributed by atoms with Crippen LogP contribution in [0.15, 0.2) is 18.2 Å². The van der Waals surface area contributed by atoms with Crippen LogP contribution in [0.2, 0.25) is 0 Å². The van der Waals surface area contributed by atoms with Crippen molar-refractivity contribution < 1.29 is 13.2 Å². The van der Waals surface area contributed by atoms with Crippen molar-refractivity contribution in [3.05, 3.63) is 29.3 Å². The molecule has 2 nitrogen and oxygen atoms in total. The molecule has 21 heavy (non-hydrogen) atoms. The highest BCUT2D eigenvalue weighted by molar-refractivity contribution is 5.47. The minimum atomic E-state index is -4.05. The molecular formula is C16H21F3N2. The maximum absolute atomic E-state index is 12.9. The Bertz CT molecular complexity index is 513. The number of nitrogens with two attached hydrogens (primary N) is 1. The summed E-state index contributed by atoms with van der Waals surface area (Å²) in [7, 11) is 0. The van der Waals surface area contributed by atoms with Gasteiger partial charge in [0, 0.05) is 17.8 Å². The van der Waals surface area contributed by atoms with E-state index in [4.69, 9.17) is 5.73 Å². The van der Waals surface area contributed by atoms with Gasteiger partial charge in [-0.2, -0.15) is 13.2 Å². The number of aryl methyl sites for hydroxylation is 1. The summed E-state index contributed by atoms with van der Waals surface area (Å²) in [5.41, 5.74) is 8.97. The van der Waals surface area contributed by atoms with Gasteiger partial charge in [-0.1, -0.05) is 12.5 Å². The number of fused-ring (bicyclic) bond motifs is 1. The predicted octanol–water partition coefficient (Wildman–Crippen LogP) is 3.97. The van der Waals surface area contributed by atoms with Gasteiger partial charge in [0.25, 0.3) is 0 Å². The Hall–Kier alpha value is -1.23. The minimum Gasteiger partial charge on any atom is -0.399 e. The Labute approximate surface area is 122 Å². The first kappa shape index (κ1) is 14.7. The summed E-state index contributed by atoms with van der Waals surface area (Å²) < 4.78 is 38.6. The van der Waals surface area contributed by atoms with Crippen LogP contribution in [-0.4, -0.2) is 12.2 Å². The van der Waals surface area contributed by atoms with E-state index in [1.54, 1.807) is 0 Å². The van der Waals surface area contributed by atoms with Crippen molar-refractivity contribution in [3.63, 3.8) is 0 Å². The lowest BCUT2D eigenvalue weighted by Gasteiger charge is -2.33. The monoisotopic (exact) mass is 298 g/mol. The van der Waals surface area contributed by atoms with Crippen LogP contribution in [0.3, 0.4) is 0 Å². The fraction of sp³-hybridized carbons (Fsp3) is 0.625. The lowest BCUT2D eigenvalue weighted by molar-refractivity contribution is -0.183. The standard InChI is InChI=1S/C16H21F3N2/c17-16(18,19)11-2-1-3-13(9-11)21-15-7-4-10-8-12(20)5-6-14(10)15/h5-6,8,11,13,15,21H,1-4,7,9,20H2. The van der Waals surface area contributed by atoms with Gasteiger partial charge in [-0.15, -0.1) is 0 Å². The first-order valence-corrected chi connectivity index (χ1v) is 7.64. The van der Waals surface area contributed by atoms with E-state index in [0.29, 0.717) is 6.42 Å². The molecule has 2 aliphatic carbocycles. The van der Waals surface area contributed by atoms with Gasteiger partial charge in [0.2, 0.25) is 0 Å². The van der Waals surface area contributed by atoms with Crippen molar-refractivity contribution in [1.82, 2.24) is 5.32 Å². The Morgan fingerprint density at radius 1 is 1.14 bits per heavy atom. The molecule has 0 bridgehead atoms. The molecule has 0 aromatic heterocycles. The molecular weight excluding hydrogens is 277 g/mol. The van der Waals surface area contributed by atoms with Crippen molar-refractivity contribution in [2.45, 2.75) is 56.8 Å². The molecule has 2 aliphatic rings. The number of benzene rings is 1. The predicted molar refractivity (Wildman–Crippen MR) is 76.9 cm³/mol. The van der Waals surface area contributed by atoms with Crippen LogP contribution in [0.5, 0.6) is 0 Å². The van der Waals surface area contributed by atoms with Gasteiger partial charge in [-0.05, 0) is 55.4 Å². The fourth-order valence-corrected chi connectivity index (χ4v) is 3.73. The fourth-order valence-electron chi connectivity index (χ4n) is 3.73. The van der Waals surface area contributed by atoms with E-state index in [-0.39, 0.29) is 24.9 Å². The van der Waals surface area contributed by atoms with Crippen molar-refractivity contribution in [3.8, 4) is 0 Å². The molecule has 0 aliphatic heterocycles. The summed E-state index contributed by atoms with van der Waals surface area (Å²) in [6, 6.07) is 6.02. The first-order valence-electron chi connectivity index (χ1n) is 7.64. The van der Waals surface area contributed by atoms with E-state index in [1.807, 2.05) is 18.2 Å². The topological polar surface area (TPSA) is 38.0 Å². The summed E-state index contributed by atoms with van der Waals surface area (Å²) in [5.74, 6) is -1.14. The lowest BCUT2D eigenvalue weighted by atomic mass is 9.84.